The van der Waals surface area contributed by atoms with Crippen LogP contribution in [0.4, 0.5) is 11.4 Å². The fraction of sp³-hybridized carbons (Fsp3) is 0.0909. The summed E-state index contributed by atoms with van der Waals surface area (Å²) in [5.41, 5.74) is 2.53. The minimum absolute atomic E-state index is 0.221. The highest BCUT2D eigenvalue weighted by Crippen LogP contribution is 2.32. The van der Waals surface area contributed by atoms with Crippen molar-refractivity contribution in [1.82, 2.24) is 0 Å². The molecule has 1 amide bonds. The second-order valence-electron chi connectivity index (χ2n) is 5.82. The van der Waals surface area contributed by atoms with Crippen molar-refractivity contribution in [1.29, 1.82) is 0 Å². The van der Waals surface area contributed by atoms with Crippen LogP contribution in [0.1, 0.15) is 15.9 Å². The normalized spacial score (nSPS) is 10.7. The van der Waals surface area contributed by atoms with E-state index in [0.29, 0.717) is 22.7 Å². The van der Waals surface area contributed by atoms with Crippen LogP contribution in [0.2, 0.25) is 0 Å². The highest BCUT2D eigenvalue weighted by molar-refractivity contribution is 9.10. The number of rotatable bonds is 6. The predicted molar refractivity (Wildman–Crippen MR) is 115 cm³/mol. The molecule has 3 rings (SSSR count). The third kappa shape index (κ3) is 4.58. The van der Waals surface area contributed by atoms with Crippen LogP contribution in [-0.4, -0.2) is 26.3 Å². The van der Waals surface area contributed by atoms with Crippen molar-refractivity contribution >= 4 is 39.4 Å². The van der Waals surface area contributed by atoms with E-state index in [-0.39, 0.29) is 5.91 Å². The van der Waals surface area contributed by atoms with E-state index in [1.807, 2.05) is 48.5 Å². The van der Waals surface area contributed by atoms with Gasteiger partial charge in [-0.2, -0.15) is 0 Å². The summed E-state index contributed by atoms with van der Waals surface area (Å²) >= 11 is 3.47. The first-order valence-electron chi connectivity index (χ1n) is 8.53. The second kappa shape index (κ2) is 9.19. The predicted octanol–water partition coefficient (Wildman–Crippen LogP) is 5.47. The number of nitrogens with zero attached hydrogens (tertiary/aromatic N) is 1. The summed E-state index contributed by atoms with van der Waals surface area (Å²) in [4.78, 5) is 17.2. The summed E-state index contributed by atoms with van der Waals surface area (Å²) in [6.45, 7) is 0. The number of anilines is 1. The number of carbonyl (C=O) groups excluding carboxylic acids is 1. The number of aliphatic imine (C=N–C) groups is 1. The van der Waals surface area contributed by atoms with Crippen molar-refractivity contribution in [3.63, 3.8) is 0 Å². The van der Waals surface area contributed by atoms with Crippen LogP contribution in [0.15, 0.2) is 76.2 Å². The van der Waals surface area contributed by atoms with E-state index in [0.717, 1.165) is 15.7 Å². The van der Waals surface area contributed by atoms with Gasteiger partial charge < -0.3 is 14.8 Å². The molecule has 3 aromatic carbocycles. The number of carbonyl (C=O) groups is 1. The van der Waals surface area contributed by atoms with Gasteiger partial charge in [0.15, 0.2) is 0 Å². The molecule has 0 aliphatic heterocycles. The van der Waals surface area contributed by atoms with Crippen molar-refractivity contribution in [2.24, 2.45) is 4.99 Å². The fourth-order valence-corrected chi connectivity index (χ4v) is 3.14. The first-order valence-corrected chi connectivity index (χ1v) is 9.32. The third-order valence-corrected chi connectivity index (χ3v) is 4.65. The van der Waals surface area contributed by atoms with Gasteiger partial charge in [0.2, 0.25) is 0 Å². The van der Waals surface area contributed by atoms with E-state index in [1.54, 1.807) is 38.6 Å². The molecule has 6 heteroatoms. The average molecular weight is 439 g/mol. The lowest BCUT2D eigenvalue weighted by Gasteiger charge is -2.10. The van der Waals surface area contributed by atoms with Crippen LogP contribution in [-0.2, 0) is 0 Å². The lowest BCUT2D eigenvalue weighted by molar-refractivity contribution is 0.102. The van der Waals surface area contributed by atoms with Crippen molar-refractivity contribution < 1.29 is 14.3 Å². The number of nitrogens with one attached hydrogen (secondary N) is 1. The van der Waals surface area contributed by atoms with Gasteiger partial charge in [0.1, 0.15) is 11.5 Å². The van der Waals surface area contributed by atoms with Gasteiger partial charge in [0.25, 0.3) is 5.91 Å². The molecule has 28 heavy (non-hydrogen) atoms. The van der Waals surface area contributed by atoms with E-state index >= 15 is 0 Å². The number of benzene rings is 3. The van der Waals surface area contributed by atoms with Crippen molar-refractivity contribution in [2.45, 2.75) is 0 Å². The number of para-hydroxylation sites is 2. The highest BCUT2D eigenvalue weighted by Gasteiger charge is 2.12. The summed E-state index contributed by atoms with van der Waals surface area (Å²) in [6.07, 6.45) is 1.66. The van der Waals surface area contributed by atoms with Crippen LogP contribution in [0, 0.1) is 0 Å². The zero-order chi connectivity index (χ0) is 19.9. The Balaban J connectivity index is 1.89. The van der Waals surface area contributed by atoms with Gasteiger partial charge in [-0.15, -0.1) is 0 Å². The van der Waals surface area contributed by atoms with E-state index in [4.69, 9.17) is 9.47 Å². The molecule has 0 atom stereocenters. The zero-order valence-corrected chi connectivity index (χ0v) is 17.1. The number of hydrogen-bond acceptors (Lipinski definition) is 4. The summed E-state index contributed by atoms with van der Waals surface area (Å²) in [6, 6.07) is 20.1. The lowest BCUT2D eigenvalue weighted by Crippen LogP contribution is -2.11. The smallest absolute Gasteiger partial charge is 0.257 e. The maximum atomic E-state index is 12.7. The van der Waals surface area contributed by atoms with Gasteiger partial charge in [-0.25, -0.2) is 0 Å². The summed E-state index contributed by atoms with van der Waals surface area (Å²) in [5.74, 6) is 1.06. The van der Waals surface area contributed by atoms with Crippen LogP contribution in [0.3, 0.4) is 0 Å². The average Bonchev–Trinajstić information content (AvgIpc) is 2.73. The molecule has 3 aromatic rings. The van der Waals surface area contributed by atoms with Gasteiger partial charge in [-0.1, -0.05) is 30.3 Å². The maximum absolute atomic E-state index is 12.7. The second-order valence-corrected chi connectivity index (χ2v) is 6.68. The van der Waals surface area contributed by atoms with Crippen molar-refractivity contribution in [3.8, 4) is 11.5 Å². The lowest BCUT2D eigenvalue weighted by atomic mass is 10.1. The van der Waals surface area contributed by atoms with Crippen LogP contribution in [0.5, 0.6) is 11.5 Å². The molecule has 0 unspecified atom stereocenters. The molecule has 0 aromatic heterocycles. The maximum Gasteiger partial charge on any atom is 0.257 e. The van der Waals surface area contributed by atoms with Crippen molar-refractivity contribution in [2.75, 3.05) is 19.5 Å². The number of amides is 1. The Morgan fingerprint density at radius 1 is 0.964 bits per heavy atom. The molecule has 0 aliphatic carbocycles. The van der Waals surface area contributed by atoms with Crippen LogP contribution >= 0.6 is 15.9 Å². The number of methoxy groups -OCH3 is 2. The summed E-state index contributed by atoms with van der Waals surface area (Å²) in [7, 11) is 3.18. The fourth-order valence-electron chi connectivity index (χ4n) is 2.62. The third-order valence-electron chi connectivity index (χ3n) is 4.03. The zero-order valence-electron chi connectivity index (χ0n) is 15.5. The molecule has 0 saturated heterocycles. The van der Waals surface area contributed by atoms with Gasteiger partial charge in [-0.05, 0) is 46.3 Å². The van der Waals surface area contributed by atoms with Crippen molar-refractivity contribution in [3.05, 3.63) is 82.3 Å². The molecule has 0 radical (unpaired) electrons. The Morgan fingerprint density at radius 2 is 1.64 bits per heavy atom. The Hall–Kier alpha value is -3.12. The SMILES string of the molecule is COc1cc(OC)c(C=Nc2ccccc2C(=O)Nc2ccccc2)cc1Br. The standard InChI is InChI=1S/C22H19BrN2O3/c1-27-20-13-21(28-2)18(23)12-15(20)14-24-19-11-7-6-10-17(19)22(26)25-16-8-4-3-5-9-16/h3-14H,1-2H3,(H,25,26). The van der Waals surface area contributed by atoms with Crippen LogP contribution < -0.4 is 14.8 Å². The van der Waals surface area contributed by atoms with Crippen LogP contribution in [0.25, 0.3) is 0 Å². The number of ether oxygens (including phenoxy) is 2. The first-order chi connectivity index (χ1) is 13.6. The quantitative estimate of drug-likeness (QED) is 0.519. The molecular formula is C22H19BrN2O3. The van der Waals surface area contributed by atoms with E-state index < -0.39 is 0 Å². The Bertz CT molecular complexity index is 1000. The highest BCUT2D eigenvalue weighted by atomic mass is 79.9. The monoisotopic (exact) mass is 438 g/mol. The Labute approximate surface area is 172 Å². The molecular weight excluding hydrogens is 420 g/mol. The molecule has 1 N–H and O–H groups in total. The molecule has 5 nitrogen and oxygen atoms in total. The molecule has 142 valence electrons. The van der Waals surface area contributed by atoms with Gasteiger partial charge in [0.05, 0.1) is 29.9 Å². The summed E-state index contributed by atoms with van der Waals surface area (Å²) in [5, 5.41) is 2.88. The molecule has 0 heterocycles. The largest absolute Gasteiger partial charge is 0.496 e. The number of hydrogen-bond donors (Lipinski definition) is 1. The van der Waals surface area contributed by atoms with E-state index in [1.165, 1.54) is 0 Å². The Morgan fingerprint density at radius 3 is 2.36 bits per heavy atom. The number of halogens is 1. The van der Waals surface area contributed by atoms with Gasteiger partial charge >= 0.3 is 0 Å². The molecule has 0 aliphatic rings. The molecule has 0 saturated carbocycles. The van der Waals surface area contributed by atoms with E-state index in [9.17, 15) is 4.79 Å². The van der Waals surface area contributed by atoms with Gasteiger partial charge in [-0.3, -0.25) is 9.79 Å². The Kier molecular flexibility index (Phi) is 6.45. The van der Waals surface area contributed by atoms with Gasteiger partial charge in [0, 0.05) is 23.5 Å². The molecule has 0 fully saturated rings. The minimum atomic E-state index is -0.221. The molecule has 0 bridgehead atoms. The topological polar surface area (TPSA) is 59.9 Å². The summed E-state index contributed by atoms with van der Waals surface area (Å²) < 4.78 is 11.5. The molecule has 0 spiro atoms. The first kappa shape index (κ1) is 19.6. The van der Waals surface area contributed by atoms with E-state index in [2.05, 4.69) is 26.2 Å². The minimum Gasteiger partial charge on any atom is -0.496 e.